The summed E-state index contributed by atoms with van der Waals surface area (Å²) in [6.07, 6.45) is 0.820. The molecule has 1 unspecified atom stereocenters. The number of aromatic hydroxyl groups is 2. The van der Waals surface area contributed by atoms with Crippen LogP contribution in [0.1, 0.15) is 61.3 Å². The second kappa shape index (κ2) is 9.39. The number of esters is 2. The van der Waals surface area contributed by atoms with Crippen LogP contribution in [0.5, 0.6) is 11.5 Å². The number of ether oxygens (including phenoxy) is 2. The largest absolute Gasteiger partial charge is 0.507 e. The van der Waals surface area contributed by atoms with Crippen molar-refractivity contribution in [1.82, 2.24) is 0 Å². The van der Waals surface area contributed by atoms with Gasteiger partial charge in [0.05, 0.1) is 17.5 Å². The molecule has 0 amide bonds. The third-order valence-electron chi connectivity index (χ3n) is 4.37. The lowest BCUT2D eigenvalue weighted by atomic mass is 9.85. The van der Waals surface area contributed by atoms with Gasteiger partial charge in [0.25, 0.3) is 0 Å². The molecular formula is C22H24O8. The number of phenolic OH excluding ortho intramolecular Hbond substituents is 2. The molecule has 2 N–H and O–H groups in total. The van der Waals surface area contributed by atoms with Gasteiger partial charge < -0.3 is 19.7 Å². The Kier molecular flexibility index (Phi) is 7.15. The summed E-state index contributed by atoms with van der Waals surface area (Å²) in [7, 11) is 0. The normalized spacial score (nSPS) is 14.9. The number of ketones is 2. The number of allylic oxidation sites excluding steroid dienone is 2. The summed E-state index contributed by atoms with van der Waals surface area (Å²) in [5.74, 6) is -3.54. The molecular weight excluding hydrogens is 392 g/mol. The number of carbonyl (C=O) groups excluding carboxylic acids is 4. The van der Waals surface area contributed by atoms with Crippen molar-refractivity contribution in [1.29, 1.82) is 0 Å². The Labute approximate surface area is 173 Å². The van der Waals surface area contributed by atoms with E-state index in [1.165, 1.54) is 13.8 Å². The quantitative estimate of drug-likeness (QED) is 0.394. The van der Waals surface area contributed by atoms with Crippen LogP contribution in [0.2, 0.25) is 0 Å². The smallest absolute Gasteiger partial charge is 0.310 e. The number of phenols is 2. The van der Waals surface area contributed by atoms with E-state index in [1.54, 1.807) is 6.08 Å². The number of hydrogen-bond acceptors (Lipinski definition) is 8. The SMILES string of the molecule is CC(=O)OC(C)CC(=O)O[C@@H](CC=C(C)C)C1=CC(=O)c2c(O)ccc(O)c2C1=O. The van der Waals surface area contributed by atoms with E-state index in [1.807, 2.05) is 13.8 Å². The van der Waals surface area contributed by atoms with Gasteiger partial charge in [0.2, 0.25) is 0 Å². The lowest BCUT2D eigenvalue weighted by molar-refractivity contribution is -0.154. The summed E-state index contributed by atoms with van der Waals surface area (Å²) in [6, 6.07) is 2.23. The first-order valence-electron chi connectivity index (χ1n) is 9.36. The highest BCUT2D eigenvalue weighted by atomic mass is 16.6. The van der Waals surface area contributed by atoms with Crippen molar-refractivity contribution in [2.24, 2.45) is 0 Å². The van der Waals surface area contributed by atoms with E-state index in [9.17, 15) is 29.4 Å². The number of benzene rings is 1. The van der Waals surface area contributed by atoms with Gasteiger partial charge in [-0.2, -0.15) is 0 Å². The molecule has 0 aliphatic heterocycles. The molecule has 0 fully saturated rings. The molecule has 0 saturated carbocycles. The van der Waals surface area contributed by atoms with Gasteiger partial charge in [-0.05, 0) is 39.0 Å². The molecule has 1 aliphatic rings. The van der Waals surface area contributed by atoms with Crippen molar-refractivity contribution in [2.45, 2.75) is 52.7 Å². The van der Waals surface area contributed by atoms with E-state index in [0.717, 1.165) is 23.8 Å². The Hall–Kier alpha value is -3.42. The van der Waals surface area contributed by atoms with Crippen LogP contribution in [-0.2, 0) is 19.1 Å². The fourth-order valence-electron chi connectivity index (χ4n) is 3.07. The van der Waals surface area contributed by atoms with Crippen molar-refractivity contribution in [2.75, 3.05) is 0 Å². The van der Waals surface area contributed by atoms with Crippen LogP contribution >= 0.6 is 0 Å². The van der Waals surface area contributed by atoms with Crippen LogP contribution in [0.25, 0.3) is 0 Å². The zero-order valence-electron chi connectivity index (χ0n) is 17.2. The van der Waals surface area contributed by atoms with E-state index in [0.29, 0.717) is 0 Å². The van der Waals surface area contributed by atoms with Crippen LogP contribution < -0.4 is 0 Å². The van der Waals surface area contributed by atoms with Gasteiger partial charge in [-0.25, -0.2) is 0 Å². The Balaban J connectivity index is 2.35. The van der Waals surface area contributed by atoms with Crippen LogP contribution in [0.4, 0.5) is 0 Å². The lowest BCUT2D eigenvalue weighted by Crippen LogP contribution is -2.30. The second-order valence-electron chi connectivity index (χ2n) is 7.27. The zero-order chi connectivity index (χ0) is 22.6. The molecule has 1 aromatic rings. The summed E-state index contributed by atoms with van der Waals surface area (Å²) in [6.45, 7) is 6.39. The topological polar surface area (TPSA) is 127 Å². The zero-order valence-corrected chi connectivity index (χ0v) is 17.2. The van der Waals surface area contributed by atoms with Gasteiger partial charge in [0.15, 0.2) is 11.6 Å². The molecule has 0 aromatic heterocycles. The lowest BCUT2D eigenvalue weighted by Gasteiger charge is -2.24. The molecule has 8 nitrogen and oxygen atoms in total. The minimum atomic E-state index is -1.09. The fraction of sp³-hybridized carbons (Fsp3) is 0.364. The van der Waals surface area contributed by atoms with E-state index < -0.39 is 47.2 Å². The molecule has 1 aromatic carbocycles. The van der Waals surface area contributed by atoms with Gasteiger partial charge in [-0.3, -0.25) is 19.2 Å². The third kappa shape index (κ3) is 5.34. The number of hydrogen-bond donors (Lipinski definition) is 2. The van der Waals surface area contributed by atoms with Crippen molar-refractivity contribution < 1.29 is 38.9 Å². The van der Waals surface area contributed by atoms with Crippen molar-refractivity contribution >= 4 is 23.5 Å². The molecule has 0 saturated heterocycles. The molecule has 8 heteroatoms. The molecule has 0 heterocycles. The van der Waals surface area contributed by atoms with Crippen molar-refractivity contribution in [3.63, 3.8) is 0 Å². The maximum absolute atomic E-state index is 13.0. The summed E-state index contributed by atoms with van der Waals surface area (Å²) in [4.78, 5) is 48.9. The first-order chi connectivity index (χ1) is 14.0. The fourth-order valence-corrected chi connectivity index (χ4v) is 3.07. The Morgan fingerprint density at radius 3 is 2.20 bits per heavy atom. The van der Waals surface area contributed by atoms with E-state index in [-0.39, 0.29) is 29.5 Å². The van der Waals surface area contributed by atoms with Gasteiger partial charge >= 0.3 is 11.9 Å². The van der Waals surface area contributed by atoms with Gasteiger partial charge in [0.1, 0.15) is 23.7 Å². The molecule has 1 aliphatic carbocycles. The van der Waals surface area contributed by atoms with Crippen LogP contribution in [0.15, 0.2) is 35.4 Å². The monoisotopic (exact) mass is 416 g/mol. The Morgan fingerprint density at radius 2 is 1.63 bits per heavy atom. The Morgan fingerprint density at radius 1 is 1.03 bits per heavy atom. The molecule has 2 rings (SSSR count). The standard InChI is InChI=1S/C22H24O8/c1-11(2)5-8-18(30-19(27)9-12(3)29-13(4)23)14-10-17(26)20-15(24)6-7-16(25)21(20)22(14)28/h5-7,10,12,18,24-25H,8-9H2,1-4H3/t12?,18-/m0/s1. The minimum Gasteiger partial charge on any atom is -0.507 e. The molecule has 0 spiro atoms. The van der Waals surface area contributed by atoms with E-state index in [2.05, 4.69) is 0 Å². The highest BCUT2D eigenvalue weighted by Crippen LogP contribution is 2.36. The van der Waals surface area contributed by atoms with Crippen LogP contribution in [-0.4, -0.2) is 45.9 Å². The highest BCUT2D eigenvalue weighted by molar-refractivity contribution is 6.27. The van der Waals surface area contributed by atoms with Gasteiger partial charge in [-0.1, -0.05) is 11.6 Å². The molecule has 0 bridgehead atoms. The molecule has 0 radical (unpaired) electrons. The summed E-state index contributed by atoms with van der Waals surface area (Å²) in [5.41, 5.74) is 0.170. The maximum Gasteiger partial charge on any atom is 0.310 e. The number of Topliss-reactive ketones (excluding diaryl/α,β-unsaturated/α-hetero) is 1. The van der Waals surface area contributed by atoms with E-state index >= 15 is 0 Å². The summed E-state index contributed by atoms with van der Waals surface area (Å²) >= 11 is 0. The van der Waals surface area contributed by atoms with Crippen LogP contribution in [0, 0.1) is 0 Å². The average molecular weight is 416 g/mol. The summed E-state index contributed by atoms with van der Waals surface area (Å²) < 4.78 is 10.3. The molecule has 160 valence electrons. The minimum absolute atomic E-state index is 0.112. The molecule has 30 heavy (non-hydrogen) atoms. The van der Waals surface area contributed by atoms with Crippen molar-refractivity contribution in [3.05, 3.63) is 46.6 Å². The van der Waals surface area contributed by atoms with Crippen molar-refractivity contribution in [3.8, 4) is 11.5 Å². The number of rotatable bonds is 7. The second-order valence-corrected chi connectivity index (χ2v) is 7.27. The predicted molar refractivity (Wildman–Crippen MR) is 106 cm³/mol. The maximum atomic E-state index is 13.0. The average Bonchev–Trinajstić information content (AvgIpc) is 2.62. The van der Waals surface area contributed by atoms with Gasteiger partial charge in [0, 0.05) is 18.9 Å². The first kappa shape index (κ1) is 22.9. The van der Waals surface area contributed by atoms with Crippen LogP contribution in [0.3, 0.4) is 0 Å². The highest BCUT2D eigenvalue weighted by Gasteiger charge is 2.35. The number of fused-ring (bicyclic) bond motifs is 1. The molecule has 2 atom stereocenters. The van der Waals surface area contributed by atoms with Gasteiger partial charge in [-0.15, -0.1) is 0 Å². The predicted octanol–water partition coefficient (Wildman–Crippen LogP) is 3.01. The number of carbonyl (C=O) groups is 4. The Bertz CT molecular complexity index is 950. The summed E-state index contributed by atoms with van der Waals surface area (Å²) in [5, 5.41) is 20.0. The third-order valence-corrected chi connectivity index (χ3v) is 4.37. The van der Waals surface area contributed by atoms with E-state index in [4.69, 9.17) is 9.47 Å². The first-order valence-corrected chi connectivity index (χ1v) is 9.36.